The highest BCUT2D eigenvalue weighted by Crippen LogP contribution is 2.36. The van der Waals surface area contributed by atoms with E-state index in [1.807, 2.05) is 42.6 Å². The first-order valence-electron chi connectivity index (χ1n) is 10.5. The standard InChI is InChI=1S/C23H22N6O2/c1-15-4-3-10-28(15)22-6-2-5-21(26-22)25-18-13-17(27-29-11-9-24-23(18)29)16-7-8-19-20(12-16)31-14-30-19/h2,5-9,11-13,15H,3-4,10,14H2,1H3,(H,25,26). The summed E-state index contributed by atoms with van der Waals surface area (Å²) in [5.74, 6) is 3.26. The summed E-state index contributed by atoms with van der Waals surface area (Å²) >= 11 is 0. The Morgan fingerprint density at radius 1 is 1.10 bits per heavy atom. The SMILES string of the molecule is CC1CCCN1c1cccc(Nc2cc(-c3ccc4c(c3)OCO4)nn3ccnc23)n1. The lowest BCUT2D eigenvalue weighted by Gasteiger charge is -2.23. The van der Waals surface area contributed by atoms with Gasteiger partial charge in [0.2, 0.25) is 6.79 Å². The normalized spacial score (nSPS) is 17.5. The minimum absolute atomic E-state index is 0.247. The number of aromatic nitrogens is 4. The summed E-state index contributed by atoms with van der Waals surface area (Å²) in [5.41, 5.74) is 3.32. The summed E-state index contributed by atoms with van der Waals surface area (Å²) in [6, 6.07) is 14.4. The Bertz CT molecular complexity index is 1270. The number of nitrogens with one attached hydrogen (secondary N) is 1. The Balaban J connectivity index is 1.37. The number of imidazole rings is 1. The van der Waals surface area contributed by atoms with Crippen molar-refractivity contribution in [3.05, 3.63) is 54.9 Å². The maximum atomic E-state index is 5.53. The number of pyridine rings is 1. The van der Waals surface area contributed by atoms with E-state index in [9.17, 15) is 0 Å². The maximum Gasteiger partial charge on any atom is 0.231 e. The summed E-state index contributed by atoms with van der Waals surface area (Å²) in [6.07, 6.45) is 6.00. The number of anilines is 3. The number of hydrogen-bond acceptors (Lipinski definition) is 7. The lowest BCUT2D eigenvalue weighted by atomic mass is 10.1. The first-order chi connectivity index (χ1) is 15.2. The van der Waals surface area contributed by atoms with Crippen LogP contribution in [0.15, 0.2) is 54.9 Å². The lowest BCUT2D eigenvalue weighted by Crippen LogP contribution is -2.27. The van der Waals surface area contributed by atoms with Crippen molar-refractivity contribution >= 4 is 23.0 Å². The van der Waals surface area contributed by atoms with Crippen molar-refractivity contribution in [2.45, 2.75) is 25.8 Å². The first kappa shape index (κ1) is 18.0. The zero-order valence-corrected chi connectivity index (χ0v) is 17.2. The third-order valence-corrected chi connectivity index (χ3v) is 5.87. The smallest absolute Gasteiger partial charge is 0.231 e. The van der Waals surface area contributed by atoms with Gasteiger partial charge in [-0.15, -0.1) is 0 Å². The van der Waals surface area contributed by atoms with E-state index in [0.717, 1.165) is 52.3 Å². The summed E-state index contributed by atoms with van der Waals surface area (Å²) in [6.45, 7) is 3.55. The zero-order chi connectivity index (χ0) is 20.8. The van der Waals surface area contributed by atoms with Crippen molar-refractivity contribution in [3.63, 3.8) is 0 Å². The molecule has 1 aromatic carbocycles. The second kappa shape index (κ2) is 7.16. The third-order valence-electron chi connectivity index (χ3n) is 5.87. The fourth-order valence-electron chi connectivity index (χ4n) is 4.27. The van der Waals surface area contributed by atoms with Crippen LogP contribution in [0.3, 0.4) is 0 Å². The molecule has 0 aliphatic carbocycles. The van der Waals surface area contributed by atoms with Crippen LogP contribution in [0.25, 0.3) is 16.9 Å². The maximum absolute atomic E-state index is 5.53. The van der Waals surface area contributed by atoms with Gasteiger partial charge in [-0.25, -0.2) is 14.5 Å². The lowest BCUT2D eigenvalue weighted by molar-refractivity contribution is 0.174. The van der Waals surface area contributed by atoms with Crippen LogP contribution in [-0.2, 0) is 0 Å². The molecule has 8 nitrogen and oxygen atoms in total. The molecule has 1 saturated heterocycles. The molecule has 3 aromatic heterocycles. The van der Waals surface area contributed by atoms with Gasteiger partial charge in [0.15, 0.2) is 17.1 Å². The van der Waals surface area contributed by atoms with Crippen LogP contribution in [-0.4, -0.2) is 39.0 Å². The molecule has 5 heterocycles. The van der Waals surface area contributed by atoms with Gasteiger partial charge in [0.1, 0.15) is 11.6 Å². The van der Waals surface area contributed by atoms with E-state index in [-0.39, 0.29) is 6.79 Å². The molecule has 0 bridgehead atoms. The number of nitrogens with zero attached hydrogens (tertiary/aromatic N) is 5. The van der Waals surface area contributed by atoms with Crippen molar-refractivity contribution in [1.29, 1.82) is 0 Å². The Morgan fingerprint density at radius 2 is 2.03 bits per heavy atom. The van der Waals surface area contributed by atoms with Gasteiger partial charge in [0, 0.05) is 30.5 Å². The monoisotopic (exact) mass is 414 g/mol. The van der Waals surface area contributed by atoms with Crippen LogP contribution in [0.4, 0.5) is 17.3 Å². The molecule has 0 amide bonds. The molecular formula is C23H22N6O2. The molecular weight excluding hydrogens is 392 g/mol. The molecule has 1 fully saturated rings. The van der Waals surface area contributed by atoms with Gasteiger partial charge in [-0.05, 0) is 56.2 Å². The molecule has 8 heteroatoms. The fourth-order valence-corrected chi connectivity index (χ4v) is 4.27. The molecule has 2 aliphatic heterocycles. The molecule has 1 atom stereocenters. The fraction of sp³-hybridized carbons (Fsp3) is 0.261. The van der Waals surface area contributed by atoms with Crippen molar-refractivity contribution in [3.8, 4) is 22.8 Å². The van der Waals surface area contributed by atoms with Crippen molar-refractivity contribution in [2.24, 2.45) is 0 Å². The third kappa shape index (κ3) is 3.20. The predicted molar refractivity (Wildman–Crippen MR) is 118 cm³/mol. The van der Waals surface area contributed by atoms with E-state index in [0.29, 0.717) is 6.04 Å². The second-order valence-corrected chi connectivity index (χ2v) is 7.90. The van der Waals surface area contributed by atoms with E-state index < -0.39 is 0 Å². The highest BCUT2D eigenvalue weighted by atomic mass is 16.7. The molecule has 6 rings (SSSR count). The number of rotatable bonds is 4. The Morgan fingerprint density at radius 3 is 2.94 bits per heavy atom. The minimum atomic E-state index is 0.247. The number of benzene rings is 1. The van der Waals surface area contributed by atoms with E-state index in [1.165, 1.54) is 12.8 Å². The van der Waals surface area contributed by atoms with Crippen LogP contribution in [0.5, 0.6) is 11.5 Å². The summed E-state index contributed by atoms with van der Waals surface area (Å²) in [4.78, 5) is 11.7. The second-order valence-electron chi connectivity index (χ2n) is 7.90. The number of hydrogen-bond donors (Lipinski definition) is 1. The van der Waals surface area contributed by atoms with Gasteiger partial charge in [0.05, 0.1) is 11.4 Å². The van der Waals surface area contributed by atoms with Crippen LogP contribution in [0.2, 0.25) is 0 Å². The van der Waals surface area contributed by atoms with Crippen LogP contribution in [0, 0.1) is 0 Å². The molecule has 0 spiro atoms. The molecule has 31 heavy (non-hydrogen) atoms. The topological polar surface area (TPSA) is 76.8 Å². The molecule has 156 valence electrons. The quantitative estimate of drug-likeness (QED) is 0.535. The highest BCUT2D eigenvalue weighted by molar-refractivity contribution is 5.78. The molecule has 0 radical (unpaired) electrons. The van der Waals surface area contributed by atoms with E-state index in [2.05, 4.69) is 28.2 Å². The summed E-state index contributed by atoms with van der Waals surface area (Å²) in [5, 5.41) is 8.17. The van der Waals surface area contributed by atoms with Crippen molar-refractivity contribution < 1.29 is 9.47 Å². The first-order valence-corrected chi connectivity index (χ1v) is 10.5. The Labute approximate surface area is 179 Å². The molecule has 0 saturated carbocycles. The molecule has 1 N–H and O–H groups in total. The van der Waals surface area contributed by atoms with Gasteiger partial charge in [-0.1, -0.05) is 6.07 Å². The largest absolute Gasteiger partial charge is 0.454 e. The van der Waals surface area contributed by atoms with Crippen LogP contribution >= 0.6 is 0 Å². The van der Waals surface area contributed by atoms with E-state index >= 15 is 0 Å². The average molecular weight is 414 g/mol. The number of ether oxygens (including phenoxy) is 2. The van der Waals surface area contributed by atoms with Crippen LogP contribution in [0.1, 0.15) is 19.8 Å². The Kier molecular flexibility index (Phi) is 4.15. The van der Waals surface area contributed by atoms with Crippen molar-refractivity contribution in [2.75, 3.05) is 23.6 Å². The van der Waals surface area contributed by atoms with Gasteiger partial charge >= 0.3 is 0 Å². The van der Waals surface area contributed by atoms with Crippen LogP contribution < -0.4 is 19.7 Å². The Hall–Kier alpha value is -3.81. The minimum Gasteiger partial charge on any atom is -0.454 e. The molecule has 2 aliphatic rings. The van der Waals surface area contributed by atoms with Gasteiger partial charge < -0.3 is 19.7 Å². The van der Waals surface area contributed by atoms with E-state index in [4.69, 9.17) is 19.6 Å². The molecule has 4 aromatic rings. The average Bonchev–Trinajstić information content (AvgIpc) is 3.53. The summed E-state index contributed by atoms with van der Waals surface area (Å²) < 4.78 is 12.7. The van der Waals surface area contributed by atoms with E-state index in [1.54, 1.807) is 10.7 Å². The highest BCUT2D eigenvalue weighted by Gasteiger charge is 2.22. The van der Waals surface area contributed by atoms with Gasteiger partial charge in [-0.2, -0.15) is 5.10 Å². The molecule has 1 unspecified atom stereocenters. The number of fused-ring (bicyclic) bond motifs is 2. The van der Waals surface area contributed by atoms with Gasteiger partial charge in [0.25, 0.3) is 0 Å². The van der Waals surface area contributed by atoms with Crippen molar-refractivity contribution in [1.82, 2.24) is 19.6 Å². The zero-order valence-electron chi connectivity index (χ0n) is 17.2. The summed E-state index contributed by atoms with van der Waals surface area (Å²) in [7, 11) is 0. The van der Waals surface area contributed by atoms with Gasteiger partial charge in [-0.3, -0.25) is 0 Å². The predicted octanol–water partition coefficient (Wildman–Crippen LogP) is 4.25.